The van der Waals surface area contributed by atoms with Crippen molar-refractivity contribution in [3.63, 3.8) is 0 Å². The quantitative estimate of drug-likeness (QED) is 0.707. The predicted molar refractivity (Wildman–Crippen MR) is 116 cm³/mol. The maximum absolute atomic E-state index is 12.0. The fourth-order valence-electron chi connectivity index (χ4n) is 3.73. The molecule has 4 heteroatoms. The number of benzene rings is 2. The summed E-state index contributed by atoms with van der Waals surface area (Å²) in [5.74, 6) is 0.587. The molecule has 0 saturated carbocycles. The van der Waals surface area contributed by atoms with Gasteiger partial charge in [-0.2, -0.15) is 0 Å². The van der Waals surface area contributed by atoms with Crippen molar-refractivity contribution >= 4 is 11.7 Å². The van der Waals surface area contributed by atoms with Crippen LogP contribution in [0.1, 0.15) is 31.2 Å². The molecule has 3 rings (SSSR count). The molecule has 0 unspecified atom stereocenters. The van der Waals surface area contributed by atoms with E-state index in [1.54, 1.807) is 19.7 Å². The number of allylic oxidation sites excluding steroid dienone is 1. The number of ether oxygens (including phenoxy) is 1. The molecule has 0 fully saturated rings. The molecule has 148 valence electrons. The minimum absolute atomic E-state index is 0.369. The Morgan fingerprint density at radius 3 is 2.39 bits per heavy atom. The van der Waals surface area contributed by atoms with Gasteiger partial charge in [0.1, 0.15) is 5.75 Å². The summed E-state index contributed by atoms with van der Waals surface area (Å²) in [5, 5.41) is 0. The van der Waals surface area contributed by atoms with Crippen molar-refractivity contribution < 1.29 is 9.53 Å². The summed E-state index contributed by atoms with van der Waals surface area (Å²) in [4.78, 5) is 15.7. The van der Waals surface area contributed by atoms with Crippen molar-refractivity contribution in [1.82, 2.24) is 9.80 Å². The molecule has 2 aromatic carbocycles. The maximum Gasteiger partial charge on any atom is 0.414 e. The van der Waals surface area contributed by atoms with Crippen molar-refractivity contribution in [3.05, 3.63) is 59.7 Å². The molecule has 0 spiro atoms. The Morgan fingerprint density at radius 2 is 1.64 bits per heavy atom. The molecule has 28 heavy (non-hydrogen) atoms. The lowest BCUT2D eigenvalue weighted by Gasteiger charge is -2.24. The third-order valence-corrected chi connectivity index (χ3v) is 5.06. The highest BCUT2D eigenvalue weighted by molar-refractivity contribution is 5.80. The van der Waals surface area contributed by atoms with Crippen molar-refractivity contribution in [2.75, 3.05) is 34.7 Å². The SMILES string of the molecule is CN(C)CC1=C(c2cccc(-c3ccccc3OC(=O)N(C)C)c2)CCCC1. The minimum Gasteiger partial charge on any atom is -0.410 e. The van der Waals surface area contributed by atoms with E-state index in [9.17, 15) is 4.79 Å². The van der Waals surface area contributed by atoms with E-state index in [0.717, 1.165) is 24.1 Å². The molecule has 0 radical (unpaired) electrons. The standard InChI is InChI=1S/C24H30N2O2/c1-25(2)17-20-10-5-6-13-21(20)18-11-9-12-19(16-18)22-14-7-8-15-23(22)28-24(27)26(3)4/h7-9,11-12,14-16H,5-6,10,13,17H2,1-4H3. The Balaban J connectivity index is 1.98. The van der Waals surface area contributed by atoms with Gasteiger partial charge in [0.15, 0.2) is 0 Å². The number of para-hydroxylation sites is 1. The van der Waals surface area contributed by atoms with E-state index >= 15 is 0 Å². The molecule has 0 N–H and O–H groups in total. The molecule has 0 saturated heterocycles. The number of rotatable bonds is 5. The highest BCUT2D eigenvalue weighted by atomic mass is 16.6. The molecular formula is C24H30N2O2. The van der Waals surface area contributed by atoms with Crippen LogP contribution in [0.25, 0.3) is 16.7 Å². The van der Waals surface area contributed by atoms with Crippen LogP contribution >= 0.6 is 0 Å². The summed E-state index contributed by atoms with van der Waals surface area (Å²) in [5.41, 5.74) is 6.31. The highest BCUT2D eigenvalue weighted by Crippen LogP contribution is 2.36. The van der Waals surface area contributed by atoms with Gasteiger partial charge in [0.25, 0.3) is 0 Å². The number of carbonyl (C=O) groups is 1. The third-order valence-electron chi connectivity index (χ3n) is 5.06. The molecule has 0 atom stereocenters. The zero-order valence-electron chi connectivity index (χ0n) is 17.4. The fourth-order valence-corrected chi connectivity index (χ4v) is 3.73. The lowest BCUT2D eigenvalue weighted by atomic mass is 9.86. The number of hydrogen-bond acceptors (Lipinski definition) is 3. The first-order chi connectivity index (χ1) is 13.5. The fraction of sp³-hybridized carbons (Fsp3) is 0.375. The predicted octanol–water partition coefficient (Wildman–Crippen LogP) is 5.30. The van der Waals surface area contributed by atoms with E-state index in [1.807, 2.05) is 24.3 Å². The van der Waals surface area contributed by atoms with Gasteiger partial charge in [-0.25, -0.2) is 4.79 Å². The number of hydrogen-bond donors (Lipinski definition) is 0. The Labute approximate surface area is 168 Å². The summed E-state index contributed by atoms with van der Waals surface area (Å²) < 4.78 is 5.59. The molecule has 2 aromatic rings. The van der Waals surface area contributed by atoms with E-state index in [4.69, 9.17) is 4.74 Å². The molecular weight excluding hydrogens is 348 g/mol. The van der Waals surface area contributed by atoms with Crippen LogP contribution in [0.15, 0.2) is 54.1 Å². The molecule has 1 aliphatic rings. The van der Waals surface area contributed by atoms with E-state index in [0.29, 0.717) is 5.75 Å². The summed E-state index contributed by atoms with van der Waals surface area (Å²) in [6, 6.07) is 16.3. The number of nitrogens with zero attached hydrogens (tertiary/aromatic N) is 2. The summed E-state index contributed by atoms with van der Waals surface area (Å²) >= 11 is 0. The number of likely N-dealkylation sites (N-methyl/N-ethyl adjacent to an activating group) is 1. The van der Waals surface area contributed by atoms with Gasteiger partial charge in [-0.15, -0.1) is 0 Å². The normalized spacial score (nSPS) is 14.3. The van der Waals surface area contributed by atoms with Crippen molar-refractivity contribution in [3.8, 4) is 16.9 Å². The van der Waals surface area contributed by atoms with Crippen LogP contribution < -0.4 is 4.74 Å². The molecule has 0 heterocycles. The second-order valence-corrected chi connectivity index (χ2v) is 7.87. The topological polar surface area (TPSA) is 32.8 Å². The van der Waals surface area contributed by atoms with Crippen LogP contribution in [-0.2, 0) is 0 Å². The number of amides is 1. The van der Waals surface area contributed by atoms with Crippen molar-refractivity contribution in [1.29, 1.82) is 0 Å². The first kappa shape index (κ1) is 20.2. The van der Waals surface area contributed by atoms with E-state index in [1.165, 1.54) is 35.3 Å². The summed E-state index contributed by atoms with van der Waals surface area (Å²) in [7, 11) is 7.64. The van der Waals surface area contributed by atoms with Crippen LogP contribution in [0, 0.1) is 0 Å². The minimum atomic E-state index is -0.369. The maximum atomic E-state index is 12.0. The molecule has 4 nitrogen and oxygen atoms in total. The second-order valence-electron chi connectivity index (χ2n) is 7.87. The Morgan fingerprint density at radius 1 is 0.929 bits per heavy atom. The Bertz CT molecular complexity index is 868. The monoisotopic (exact) mass is 378 g/mol. The molecule has 0 aromatic heterocycles. The average molecular weight is 379 g/mol. The third kappa shape index (κ3) is 4.82. The van der Waals surface area contributed by atoms with Crippen LogP contribution in [0.4, 0.5) is 4.79 Å². The van der Waals surface area contributed by atoms with Crippen LogP contribution in [0.5, 0.6) is 5.75 Å². The smallest absolute Gasteiger partial charge is 0.410 e. The van der Waals surface area contributed by atoms with Crippen molar-refractivity contribution in [2.45, 2.75) is 25.7 Å². The van der Waals surface area contributed by atoms with Crippen LogP contribution in [-0.4, -0.2) is 50.6 Å². The van der Waals surface area contributed by atoms with Crippen LogP contribution in [0.3, 0.4) is 0 Å². The average Bonchev–Trinajstić information content (AvgIpc) is 2.68. The molecule has 1 aliphatic carbocycles. The Hall–Kier alpha value is -2.59. The first-order valence-electron chi connectivity index (χ1n) is 9.90. The zero-order chi connectivity index (χ0) is 20.1. The molecule has 0 aliphatic heterocycles. The highest BCUT2D eigenvalue weighted by Gasteiger charge is 2.17. The first-order valence-corrected chi connectivity index (χ1v) is 9.90. The zero-order valence-corrected chi connectivity index (χ0v) is 17.4. The van der Waals surface area contributed by atoms with E-state index < -0.39 is 0 Å². The van der Waals surface area contributed by atoms with Gasteiger partial charge < -0.3 is 14.5 Å². The van der Waals surface area contributed by atoms with Crippen LogP contribution in [0.2, 0.25) is 0 Å². The van der Waals surface area contributed by atoms with Crippen molar-refractivity contribution in [2.24, 2.45) is 0 Å². The summed E-state index contributed by atoms with van der Waals surface area (Å²) in [6.45, 7) is 1.01. The van der Waals surface area contributed by atoms with Gasteiger partial charge >= 0.3 is 6.09 Å². The largest absolute Gasteiger partial charge is 0.414 e. The lowest BCUT2D eigenvalue weighted by molar-refractivity contribution is 0.172. The van der Waals surface area contributed by atoms with E-state index in [2.05, 4.69) is 43.3 Å². The number of carbonyl (C=O) groups excluding carboxylic acids is 1. The van der Waals surface area contributed by atoms with Gasteiger partial charge in [-0.3, -0.25) is 0 Å². The van der Waals surface area contributed by atoms with Gasteiger partial charge in [-0.1, -0.05) is 42.0 Å². The second kappa shape index (κ2) is 9.07. The van der Waals surface area contributed by atoms with Gasteiger partial charge in [0.05, 0.1) is 0 Å². The lowest BCUT2D eigenvalue weighted by Crippen LogP contribution is -2.25. The van der Waals surface area contributed by atoms with E-state index in [-0.39, 0.29) is 6.09 Å². The van der Waals surface area contributed by atoms with Gasteiger partial charge in [0.2, 0.25) is 0 Å². The van der Waals surface area contributed by atoms with Gasteiger partial charge in [-0.05, 0) is 68.6 Å². The Kier molecular flexibility index (Phi) is 6.53. The molecule has 1 amide bonds. The van der Waals surface area contributed by atoms with Gasteiger partial charge in [0, 0.05) is 26.2 Å². The summed E-state index contributed by atoms with van der Waals surface area (Å²) in [6.07, 6.45) is 4.45. The molecule has 0 bridgehead atoms.